The minimum absolute atomic E-state index is 0.208. The Morgan fingerprint density at radius 3 is 2.62 bits per heavy atom. The highest BCUT2D eigenvalue weighted by Gasteiger charge is 2.47. The van der Waals surface area contributed by atoms with Crippen LogP contribution < -0.4 is 10.2 Å². The number of alkyl halides is 2. The van der Waals surface area contributed by atoms with Gasteiger partial charge < -0.3 is 25.0 Å². The first-order valence-electron chi connectivity index (χ1n) is 10.9. The van der Waals surface area contributed by atoms with Gasteiger partial charge in [-0.15, -0.1) is 0 Å². The zero-order chi connectivity index (χ0) is 23.1. The number of halogens is 2. The number of aliphatic hydroxyl groups is 1. The van der Waals surface area contributed by atoms with Gasteiger partial charge in [-0.05, 0) is 45.4 Å². The molecule has 1 aliphatic heterocycles. The third-order valence-electron chi connectivity index (χ3n) is 6.06. The van der Waals surface area contributed by atoms with Crippen molar-refractivity contribution in [1.29, 1.82) is 0 Å². The van der Waals surface area contributed by atoms with Gasteiger partial charge in [0.25, 0.3) is 0 Å². The topological polar surface area (TPSA) is 73.4 Å². The normalized spacial score (nSPS) is 16.4. The van der Waals surface area contributed by atoms with Crippen molar-refractivity contribution in [2.75, 3.05) is 36.5 Å². The standard InChI is InChI=1S/C24H30F2N4O2/c1-15(17-6-5-7-18(12-17)24(25,26)23(3,4)31)28-22-20-13-19(30-8-10-32-11-9-30)14-27-21(20)16(2)29-22/h5-7,12-15,28-29,31H,8-11H2,1-4H3/t15-/m1/s1. The number of morpholine rings is 1. The van der Waals surface area contributed by atoms with Gasteiger partial charge in [0, 0.05) is 35.8 Å². The van der Waals surface area contributed by atoms with E-state index in [2.05, 4.69) is 26.3 Å². The highest BCUT2D eigenvalue weighted by molar-refractivity contribution is 5.94. The molecule has 1 atom stereocenters. The summed E-state index contributed by atoms with van der Waals surface area (Å²) >= 11 is 0. The molecule has 1 fully saturated rings. The highest BCUT2D eigenvalue weighted by Crippen LogP contribution is 2.39. The van der Waals surface area contributed by atoms with Crippen molar-refractivity contribution in [3.8, 4) is 0 Å². The summed E-state index contributed by atoms with van der Waals surface area (Å²) in [5.41, 5.74) is 1.17. The maximum Gasteiger partial charge on any atom is 0.300 e. The average Bonchev–Trinajstić information content (AvgIpc) is 3.08. The van der Waals surface area contributed by atoms with Crippen molar-refractivity contribution >= 4 is 22.4 Å². The van der Waals surface area contributed by atoms with E-state index in [-0.39, 0.29) is 11.6 Å². The van der Waals surface area contributed by atoms with E-state index in [4.69, 9.17) is 4.74 Å². The van der Waals surface area contributed by atoms with Crippen LogP contribution in [0.4, 0.5) is 20.3 Å². The molecular formula is C24H30F2N4O2. The summed E-state index contributed by atoms with van der Waals surface area (Å²) in [5, 5.41) is 14.3. The van der Waals surface area contributed by atoms with Crippen LogP contribution in [-0.2, 0) is 10.7 Å². The van der Waals surface area contributed by atoms with Crippen molar-refractivity contribution in [1.82, 2.24) is 9.97 Å². The maximum atomic E-state index is 14.7. The largest absolute Gasteiger partial charge is 0.384 e. The Hall–Kier alpha value is -2.71. The van der Waals surface area contributed by atoms with E-state index in [1.165, 1.54) is 12.1 Å². The molecule has 1 aromatic carbocycles. The van der Waals surface area contributed by atoms with Crippen LogP contribution in [0.25, 0.3) is 10.9 Å². The number of aryl methyl sites for hydroxylation is 1. The molecule has 0 amide bonds. The van der Waals surface area contributed by atoms with Crippen molar-refractivity contribution < 1.29 is 18.6 Å². The highest BCUT2D eigenvalue weighted by atomic mass is 19.3. The molecule has 0 bridgehead atoms. The average molecular weight is 445 g/mol. The number of hydrogen-bond donors (Lipinski definition) is 3. The summed E-state index contributed by atoms with van der Waals surface area (Å²) in [6.07, 6.45) is 1.88. The number of rotatable bonds is 6. The molecule has 0 saturated carbocycles. The van der Waals surface area contributed by atoms with E-state index in [0.717, 1.165) is 55.0 Å². The Morgan fingerprint density at radius 2 is 1.94 bits per heavy atom. The minimum Gasteiger partial charge on any atom is -0.384 e. The van der Waals surface area contributed by atoms with Gasteiger partial charge in [-0.3, -0.25) is 4.98 Å². The molecule has 1 saturated heterocycles. The van der Waals surface area contributed by atoms with Crippen molar-refractivity contribution in [3.05, 3.63) is 53.3 Å². The van der Waals surface area contributed by atoms with Crippen molar-refractivity contribution in [2.45, 2.75) is 45.3 Å². The predicted molar refractivity (Wildman–Crippen MR) is 123 cm³/mol. The Morgan fingerprint density at radius 1 is 1.22 bits per heavy atom. The Kier molecular flexibility index (Phi) is 5.85. The number of hydrogen-bond acceptors (Lipinski definition) is 5. The van der Waals surface area contributed by atoms with Crippen LogP contribution in [0.15, 0.2) is 36.5 Å². The molecule has 0 aliphatic carbocycles. The molecule has 0 spiro atoms. The molecule has 0 radical (unpaired) electrons. The Labute approximate surface area is 186 Å². The van der Waals surface area contributed by atoms with E-state index in [0.29, 0.717) is 18.8 Å². The second kappa shape index (κ2) is 8.33. The number of ether oxygens (including phenoxy) is 1. The molecule has 3 aromatic rings. The SMILES string of the molecule is Cc1[nH]c(N[C@H](C)c2cccc(C(F)(F)C(C)(C)O)c2)c2cc(N3CCOCC3)cnc12. The van der Waals surface area contributed by atoms with Crippen LogP contribution >= 0.6 is 0 Å². The Bertz CT molecular complexity index is 1100. The van der Waals surface area contributed by atoms with Gasteiger partial charge in [-0.1, -0.05) is 18.2 Å². The molecule has 4 rings (SSSR count). The minimum atomic E-state index is -3.37. The van der Waals surface area contributed by atoms with Gasteiger partial charge in [0.1, 0.15) is 11.4 Å². The molecule has 2 aromatic heterocycles. The van der Waals surface area contributed by atoms with Gasteiger partial charge in [-0.2, -0.15) is 8.78 Å². The maximum absolute atomic E-state index is 14.7. The summed E-state index contributed by atoms with van der Waals surface area (Å²) in [5.74, 6) is -2.57. The van der Waals surface area contributed by atoms with Gasteiger partial charge in [0.2, 0.25) is 0 Å². The molecule has 3 heterocycles. The van der Waals surface area contributed by atoms with E-state index in [1.54, 1.807) is 12.1 Å². The number of benzene rings is 1. The van der Waals surface area contributed by atoms with Crippen LogP contribution in [0.5, 0.6) is 0 Å². The van der Waals surface area contributed by atoms with Crippen LogP contribution in [0, 0.1) is 6.92 Å². The van der Waals surface area contributed by atoms with Gasteiger partial charge in [0.05, 0.1) is 30.6 Å². The molecule has 8 heteroatoms. The van der Waals surface area contributed by atoms with E-state index in [1.807, 2.05) is 20.0 Å². The fourth-order valence-corrected chi connectivity index (χ4v) is 4.02. The number of H-pyrrole nitrogens is 1. The zero-order valence-corrected chi connectivity index (χ0v) is 18.9. The Balaban J connectivity index is 1.63. The summed E-state index contributed by atoms with van der Waals surface area (Å²) < 4.78 is 34.8. The van der Waals surface area contributed by atoms with Crippen LogP contribution in [0.1, 0.15) is 43.6 Å². The number of nitrogens with one attached hydrogen (secondary N) is 2. The lowest BCUT2D eigenvalue weighted by Crippen LogP contribution is -2.40. The van der Waals surface area contributed by atoms with Crippen LogP contribution in [0.2, 0.25) is 0 Å². The first-order chi connectivity index (χ1) is 15.1. The van der Waals surface area contributed by atoms with E-state index >= 15 is 0 Å². The second-order valence-corrected chi connectivity index (χ2v) is 8.94. The van der Waals surface area contributed by atoms with Crippen LogP contribution in [0.3, 0.4) is 0 Å². The molecule has 6 nitrogen and oxygen atoms in total. The number of nitrogens with zero attached hydrogens (tertiary/aromatic N) is 2. The number of fused-ring (bicyclic) bond motifs is 1. The lowest BCUT2D eigenvalue weighted by atomic mass is 9.91. The molecular weight excluding hydrogens is 414 g/mol. The van der Waals surface area contributed by atoms with Gasteiger partial charge in [-0.25, -0.2) is 0 Å². The third-order valence-corrected chi connectivity index (χ3v) is 6.06. The summed E-state index contributed by atoms with van der Waals surface area (Å²) in [6, 6.07) is 8.05. The number of pyridine rings is 1. The van der Waals surface area contributed by atoms with E-state index < -0.39 is 11.5 Å². The third kappa shape index (κ3) is 4.17. The van der Waals surface area contributed by atoms with Crippen LogP contribution in [-0.4, -0.2) is 47.0 Å². The second-order valence-electron chi connectivity index (χ2n) is 8.94. The van der Waals surface area contributed by atoms with Gasteiger partial charge in [0.15, 0.2) is 0 Å². The molecule has 172 valence electrons. The summed E-state index contributed by atoms with van der Waals surface area (Å²) in [6.45, 7) is 9.14. The zero-order valence-electron chi connectivity index (χ0n) is 18.9. The smallest absolute Gasteiger partial charge is 0.300 e. The van der Waals surface area contributed by atoms with Crippen molar-refractivity contribution in [3.63, 3.8) is 0 Å². The van der Waals surface area contributed by atoms with Gasteiger partial charge >= 0.3 is 5.92 Å². The molecule has 0 unspecified atom stereocenters. The predicted octanol–water partition coefficient (Wildman–Crippen LogP) is 4.74. The fourth-order valence-electron chi connectivity index (χ4n) is 4.02. The summed E-state index contributed by atoms with van der Waals surface area (Å²) in [4.78, 5) is 10.2. The lowest BCUT2D eigenvalue weighted by molar-refractivity contribution is -0.168. The van der Waals surface area contributed by atoms with E-state index in [9.17, 15) is 13.9 Å². The molecule has 32 heavy (non-hydrogen) atoms. The first kappa shape index (κ1) is 22.5. The lowest BCUT2D eigenvalue weighted by Gasteiger charge is -2.30. The fraction of sp³-hybridized carbons (Fsp3) is 0.458. The molecule has 3 N–H and O–H groups in total. The number of aromatic nitrogens is 2. The van der Waals surface area contributed by atoms with Crippen molar-refractivity contribution in [2.24, 2.45) is 0 Å². The number of aromatic amines is 1. The summed E-state index contributed by atoms with van der Waals surface area (Å²) in [7, 11) is 0. The molecule has 1 aliphatic rings. The quantitative estimate of drug-likeness (QED) is 0.512. The first-order valence-corrected chi connectivity index (χ1v) is 10.9. The number of anilines is 2. The monoisotopic (exact) mass is 444 g/mol.